The van der Waals surface area contributed by atoms with Gasteiger partial charge in [-0.05, 0) is 24.5 Å². The Morgan fingerprint density at radius 1 is 1.00 bits per heavy atom. The van der Waals surface area contributed by atoms with E-state index in [-0.39, 0.29) is 11.0 Å². The van der Waals surface area contributed by atoms with Crippen LogP contribution >= 0.6 is 23.2 Å². The van der Waals surface area contributed by atoms with Crippen molar-refractivity contribution in [2.75, 3.05) is 5.32 Å². The van der Waals surface area contributed by atoms with Crippen molar-refractivity contribution in [2.45, 2.75) is 47.4 Å². The minimum Gasteiger partial charge on any atom is -0.375 e. The Kier molecular flexibility index (Phi) is 1.82. The lowest BCUT2D eigenvalue weighted by atomic mass is 9.89. The van der Waals surface area contributed by atoms with Crippen LogP contribution in [0.1, 0.15) is 37.7 Å². The van der Waals surface area contributed by atoms with Gasteiger partial charge in [-0.3, -0.25) is 0 Å². The van der Waals surface area contributed by atoms with Gasteiger partial charge >= 0.3 is 0 Å². The van der Waals surface area contributed by atoms with Gasteiger partial charge in [-0.15, -0.1) is 0 Å². The van der Waals surface area contributed by atoms with E-state index >= 15 is 0 Å². The molecule has 2 atom stereocenters. The molecule has 1 aromatic carbocycles. The van der Waals surface area contributed by atoms with Crippen LogP contribution in [-0.4, -0.2) is 9.87 Å². The molecular formula is C14H15Cl2N. The van der Waals surface area contributed by atoms with Gasteiger partial charge in [0.15, 0.2) is 4.33 Å². The Balaban J connectivity index is 1.95. The Bertz CT molecular complexity index is 499. The molecule has 4 rings (SSSR count). The summed E-state index contributed by atoms with van der Waals surface area (Å²) in [5, 5.41) is 3.64. The zero-order valence-electron chi connectivity index (χ0n) is 9.60. The molecular weight excluding hydrogens is 253 g/mol. The van der Waals surface area contributed by atoms with Crippen molar-refractivity contribution >= 4 is 28.9 Å². The second-order valence-corrected chi connectivity index (χ2v) is 6.94. The summed E-state index contributed by atoms with van der Waals surface area (Å²) in [7, 11) is 0. The summed E-state index contributed by atoms with van der Waals surface area (Å²) < 4.78 is -0.616. The molecule has 3 heteroatoms. The monoisotopic (exact) mass is 267 g/mol. The SMILES string of the molecule is ClC1(Cl)C23CCCCCC12c1ccccc1N3. The van der Waals surface area contributed by atoms with E-state index in [0.29, 0.717) is 0 Å². The number of halogens is 2. The zero-order chi connectivity index (χ0) is 11.7. The maximum absolute atomic E-state index is 6.67. The lowest BCUT2D eigenvalue weighted by molar-refractivity contribution is 0.558. The van der Waals surface area contributed by atoms with Crippen molar-refractivity contribution < 1.29 is 0 Å². The molecule has 2 aliphatic carbocycles. The Labute approximate surface area is 111 Å². The van der Waals surface area contributed by atoms with E-state index < -0.39 is 4.33 Å². The first-order valence-corrected chi connectivity index (χ1v) is 7.17. The van der Waals surface area contributed by atoms with Crippen LogP contribution in [0.3, 0.4) is 0 Å². The minimum atomic E-state index is -0.616. The predicted molar refractivity (Wildman–Crippen MR) is 72.0 cm³/mol. The second kappa shape index (κ2) is 2.95. The average Bonchev–Trinajstić information content (AvgIpc) is 2.64. The molecule has 0 aromatic heterocycles. The summed E-state index contributed by atoms with van der Waals surface area (Å²) in [4.78, 5) is 0. The lowest BCUT2D eigenvalue weighted by Crippen LogP contribution is -2.27. The lowest BCUT2D eigenvalue weighted by Gasteiger charge is -2.20. The Morgan fingerprint density at radius 3 is 2.65 bits per heavy atom. The van der Waals surface area contributed by atoms with Gasteiger partial charge in [0.2, 0.25) is 0 Å². The number of rotatable bonds is 0. The van der Waals surface area contributed by atoms with Crippen LogP contribution in [0.4, 0.5) is 5.69 Å². The first-order chi connectivity index (χ1) is 8.16. The van der Waals surface area contributed by atoms with Gasteiger partial charge in [0, 0.05) is 5.69 Å². The molecule has 90 valence electrons. The minimum absolute atomic E-state index is 0.0315. The maximum atomic E-state index is 6.67. The Morgan fingerprint density at radius 2 is 1.76 bits per heavy atom. The van der Waals surface area contributed by atoms with Gasteiger partial charge in [-0.1, -0.05) is 60.7 Å². The smallest absolute Gasteiger partial charge is 0.154 e. The fourth-order valence-electron chi connectivity index (χ4n) is 4.28. The number of nitrogens with one attached hydrogen (secondary N) is 1. The molecule has 2 unspecified atom stereocenters. The average molecular weight is 268 g/mol. The number of hydrogen-bond donors (Lipinski definition) is 1. The second-order valence-electron chi connectivity index (χ2n) is 5.62. The molecule has 2 saturated carbocycles. The van der Waals surface area contributed by atoms with E-state index in [9.17, 15) is 0 Å². The van der Waals surface area contributed by atoms with E-state index in [4.69, 9.17) is 23.2 Å². The van der Waals surface area contributed by atoms with Gasteiger partial charge in [0.1, 0.15) is 0 Å². The van der Waals surface area contributed by atoms with Crippen LogP contribution in [0.5, 0.6) is 0 Å². The van der Waals surface area contributed by atoms with E-state index in [1.54, 1.807) is 0 Å². The van der Waals surface area contributed by atoms with Crippen molar-refractivity contribution in [3.63, 3.8) is 0 Å². The summed E-state index contributed by atoms with van der Waals surface area (Å²) in [5.41, 5.74) is 2.46. The summed E-state index contributed by atoms with van der Waals surface area (Å²) >= 11 is 13.3. The van der Waals surface area contributed by atoms with Crippen molar-refractivity contribution in [3.05, 3.63) is 29.8 Å². The van der Waals surface area contributed by atoms with Gasteiger partial charge in [0.05, 0.1) is 11.0 Å². The van der Waals surface area contributed by atoms with Crippen LogP contribution in [0, 0.1) is 0 Å². The largest absolute Gasteiger partial charge is 0.375 e. The number of anilines is 1. The van der Waals surface area contributed by atoms with Gasteiger partial charge in [0.25, 0.3) is 0 Å². The summed E-state index contributed by atoms with van der Waals surface area (Å²) in [6, 6.07) is 8.52. The topological polar surface area (TPSA) is 12.0 Å². The van der Waals surface area contributed by atoms with Crippen LogP contribution in [0.2, 0.25) is 0 Å². The fraction of sp³-hybridized carbons (Fsp3) is 0.571. The third-order valence-corrected chi connectivity index (χ3v) is 6.37. The Hall–Kier alpha value is -0.400. The molecule has 17 heavy (non-hydrogen) atoms. The summed E-state index contributed by atoms with van der Waals surface area (Å²) in [6.45, 7) is 0. The van der Waals surface area contributed by atoms with Crippen LogP contribution < -0.4 is 5.32 Å². The highest BCUT2D eigenvalue weighted by molar-refractivity contribution is 6.54. The highest BCUT2D eigenvalue weighted by Gasteiger charge is 2.89. The molecule has 0 saturated heterocycles. The third kappa shape index (κ3) is 0.901. The highest BCUT2D eigenvalue weighted by Crippen LogP contribution is 2.81. The molecule has 2 fully saturated rings. The predicted octanol–water partition coefficient (Wildman–Crippen LogP) is 4.24. The highest BCUT2D eigenvalue weighted by atomic mass is 35.5. The molecule has 1 N–H and O–H groups in total. The van der Waals surface area contributed by atoms with Crippen molar-refractivity contribution in [1.82, 2.24) is 0 Å². The molecule has 0 bridgehead atoms. The van der Waals surface area contributed by atoms with E-state index in [1.165, 1.54) is 30.5 Å². The molecule has 1 heterocycles. The standard InChI is InChI=1S/C14H15Cl2N/c15-14(16)12-8-4-1-5-9-13(12,14)17-11-7-3-2-6-10(11)12/h2-3,6-7,17H,1,4-5,8-9H2. The summed E-state index contributed by atoms with van der Waals surface area (Å²) in [5.74, 6) is 0. The van der Waals surface area contributed by atoms with Crippen LogP contribution in [0.25, 0.3) is 0 Å². The van der Waals surface area contributed by atoms with Gasteiger partial charge < -0.3 is 5.32 Å². The van der Waals surface area contributed by atoms with Crippen LogP contribution in [-0.2, 0) is 5.41 Å². The number of benzene rings is 1. The van der Waals surface area contributed by atoms with E-state index in [0.717, 1.165) is 12.8 Å². The molecule has 0 radical (unpaired) electrons. The number of hydrogen-bond acceptors (Lipinski definition) is 1. The molecule has 0 spiro atoms. The number of para-hydroxylation sites is 1. The fourth-order valence-corrected chi connectivity index (χ4v) is 5.51. The first kappa shape index (κ1) is 10.5. The molecule has 0 amide bonds. The third-order valence-electron chi connectivity index (χ3n) is 5.08. The number of fused-ring (bicyclic) bond motifs is 1. The van der Waals surface area contributed by atoms with E-state index in [1.807, 2.05) is 0 Å². The molecule has 1 aliphatic heterocycles. The van der Waals surface area contributed by atoms with Crippen molar-refractivity contribution in [1.29, 1.82) is 0 Å². The molecule has 1 aromatic rings. The summed E-state index contributed by atoms with van der Waals surface area (Å²) in [6.07, 6.45) is 5.97. The van der Waals surface area contributed by atoms with Crippen LogP contribution in [0.15, 0.2) is 24.3 Å². The van der Waals surface area contributed by atoms with Crippen molar-refractivity contribution in [3.8, 4) is 0 Å². The van der Waals surface area contributed by atoms with Gasteiger partial charge in [-0.2, -0.15) is 0 Å². The molecule has 3 aliphatic rings. The van der Waals surface area contributed by atoms with E-state index in [2.05, 4.69) is 29.6 Å². The first-order valence-electron chi connectivity index (χ1n) is 6.41. The molecule has 1 nitrogen and oxygen atoms in total. The number of alkyl halides is 2. The maximum Gasteiger partial charge on any atom is 0.154 e. The quantitative estimate of drug-likeness (QED) is 0.694. The zero-order valence-corrected chi connectivity index (χ0v) is 11.1. The van der Waals surface area contributed by atoms with Gasteiger partial charge in [-0.25, -0.2) is 0 Å². The normalized spacial score (nSPS) is 40.6. The van der Waals surface area contributed by atoms with Crippen molar-refractivity contribution in [2.24, 2.45) is 0 Å².